The summed E-state index contributed by atoms with van der Waals surface area (Å²) in [6, 6.07) is 0. The van der Waals surface area contributed by atoms with Crippen LogP contribution in [0.15, 0.2) is 17.3 Å². The summed E-state index contributed by atoms with van der Waals surface area (Å²) in [7, 11) is 0. The molecule has 8 nitrogen and oxygen atoms in total. The molecule has 44 heavy (non-hydrogen) atoms. The first-order valence-electron chi connectivity index (χ1n) is 17.6. The lowest BCUT2D eigenvalue weighted by atomic mass is 9.32. The van der Waals surface area contributed by atoms with Gasteiger partial charge in [-0.3, -0.25) is 4.79 Å². The van der Waals surface area contributed by atoms with Gasteiger partial charge in [-0.1, -0.05) is 51.9 Å². The van der Waals surface area contributed by atoms with Crippen molar-refractivity contribution in [3.63, 3.8) is 0 Å². The van der Waals surface area contributed by atoms with Gasteiger partial charge in [0.15, 0.2) is 0 Å². The van der Waals surface area contributed by atoms with Gasteiger partial charge in [-0.25, -0.2) is 0 Å². The van der Waals surface area contributed by atoms with Crippen molar-refractivity contribution < 1.29 is 19.4 Å². The van der Waals surface area contributed by atoms with E-state index in [1.165, 1.54) is 31.3 Å². The minimum Gasteiger partial charge on any atom is -0.393 e. The van der Waals surface area contributed by atoms with Crippen LogP contribution in [0.5, 0.6) is 0 Å². The summed E-state index contributed by atoms with van der Waals surface area (Å²) >= 11 is 0. The van der Waals surface area contributed by atoms with Gasteiger partial charge in [-0.05, 0) is 128 Å². The molecular formula is C36H60N4O4. The maximum atomic E-state index is 14.2. The first-order valence-corrected chi connectivity index (χ1v) is 17.6. The standard InChI is InChI=1S/C36H60N4O4/c1-24(2)25-10-15-36(31(42)38-18-20-43-22-23-44-21-19-39-40-37)17-16-34(6)26(30(25)36)8-9-28-33(5)13-12-29(41)32(3,4)27(33)11-14-35(28,34)7/h25-30,41H,1,8-23H2,2-7H3,(H,38,42)/t25-,26+,27-,28+,29-,30+,33-,34+,35+,36-/m0/s1. The summed E-state index contributed by atoms with van der Waals surface area (Å²) in [6.45, 7) is 21.7. The van der Waals surface area contributed by atoms with Crippen molar-refractivity contribution in [1.82, 2.24) is 5.32 Å². The van der Waals surface area contributed by atoms with Crippen LogP contribution in [0.1, 0.15) is 106 Å². The summed E-state index contributed by atoms with van der Waals surface area (Å²) in [5.74, 6) is 2.72. The fraction of sp³-hybridized carbons (Fsp3) is 0.917. The molecule has 0 aromatic carbocycles. The number of carbonyl (C=O) groups excluding carboxylic acids is 1. The normalized spacial score (nSPS) is 43.9. The van der Waals surface area contributed by atoms with Crippen LogP contribution in [0.2, 0.25) is 0 Å². The average Bonchev–Trinajstić information content (AvgIpc) is 3.38. The summed E-state index contributed by atoms with van der Waals surface area (Å²) in [5.41, 5.74) is 9.92. The minimum atomic E-state index is -0.320. The SMILES string of the molecule is C=C(C)[C@@H]1CC[C@]2(C(=O)NCCOCCOCCN=[N+]=[N-])CC[C@]3(C)[C@H](CC[C@@H]4[C@@]5(C)CC[C@H](O)C(C)(C)[C@@H]5CC[C@]43C)[C@@H]12. The second-order valence-corrected chi connectivity index (χ2v) is 16.7. The molecule has 0 radical (unpaired) electrons. The zero-order valence-corrected chi connectivity index (χ0v) is 28.5. The molecule has 5 rings (SSSR count). The lowest BCUT2D eigenvalue weighted by Crippen LogP contribution is -2.67. The number of aliphatic hydroxyl groups is 1. The van der Waals surface area contributed by atoms with Gasteiger partial charge in [0.1, 0.15) is 0 Å². The number of allylic oxidation sites excluding steroid dienone is 1. The number of nitrogens with one attached hydrogen (secondary N) is 1. The first kappa shape index (κ1) is 33.8. The fourth-order valence-corrected chi connectivity index (χ4v) is 12.4. The molecule has 0 spiro atoms. The molecule has 2 N–H and O–H groups in total. The van der Waals surface area contributed by atoms with Gasteiger partial charge in [0.2, 0.25) is 5.91 Å². The fourth-order valence-electron chi connectivity index (χ4n) is 12.4. The second-order valence-electron chi connectivity index (χ2n) is 16.7. The van der Waals surface area contributed by atoms with Crippen molar-refractivity contribution >= 4 is 5.91 Å². The van der Waals surface area contributed by atoms with Crippen LogP contribution >= 0.6 is 0 Å². The molecule has 0 aliphatic heterocycles. The van der Waals surface area contributed by atoms with E-state index in [9.17, 15) is 9.90 Å². The number of ether oxygens (including phenoxy) is 2. The van der Waals surface area contributed by atoms with Gasteiger partial charge >= 0.3 is 0 Å². The molecule has 5 fully saturated rings. The van der Waals surface area contributed by atoms with E-state index in [4.69, 9.17) is 15.0 Å². The molecule has 5 saturated carbocycles. The zero-order valence-electron chi connectivity index (χ0n) is 28.5. The Hall–Kier alpha value is -1.60. The first-order chi connectivity index (χ1) is 20.8. The Bertz CT molecular complexity index is 1140. The number of hydrogen-bond donors (Lipinski definition) is 2. The molecule has 0 saturated heterocycles. The monoisotopic (exact) mass is 612 g/mol. The summed E-state index contributed by atoms with van der Waals surface area (Å²) in [6.07, 6.45) is 10.8. The number of hydrogen-bond acceptors (Lipinski definition) is 5. The van der Waals surface area contributed by atoms with Crippen molar-refractivity contribution in [2.45, 2.75) is 112 Å². The highest BCUT2D eigenvalue weighted by Gasteiger charge is 2.71. The maximum absolute atomic E-state index is 14.2. The van der Waals surface area contributed by atoms with Gasteiger partial charge in [-0.2, -0.15) is 0 Å². The quantitative estimate of drug-likeness (QED) is 0.0828. The molecule has 1 amide bonds. The van der Waals surface area contributed by atoms with Gasteiger partial charge in [0.25, 0.3) is 0 Å². The van der Waals surface area contributed by atoms with E-state index >= 15 is 0 Å². The highest BCUT2D eigenvalue weighted by atomic mass is 16.5. The molecule has 5 aliphatic rings. The van der Waals surface area contributed by atoms with E-state index in [1.807, 2.05) is 0 Å². The Labute approximate surface area is 266 Å². The molecule has 0 heterocycles. The average molecular weight is 613 g/mol. The predicted molar refractivity (Wildman–Crippen MR) is 174 cm³/mol. The Morgan fingerprint density at radius 1 is 0.909 bits per heavy atom. The summed E-state index contributed by atoms with van der Waals surface area (Å²) in [5, 5.41) is 17.8. The Kier molecular flexibility index (Phi) is 9.62. The van der Waals surface area contributed by atoms with Crippen molar-refractivity contribution in [2.75, 3.05) is 39.5 Å². The molecule has 0 bridgehead atoms. The van der Waals surface area contributed by atoms with Crippen LogP contribution in [0.25, 0.3) is 10.4 Å². The van der Waals surface area contributed by atoms with Crippen LogP contribution in [0.3, 0.4) is 0 Å². The van der Waals surface area contributed by atoms with Crippen LogP contribution in [-0.2, 0) is 14.3 Å². The number of nitrogens with zero attached hydrogens (tertiary/aromatic N) is 3. The van der Waals surface area contributed by atoms with Crippen LogP contribution in [-0.4, -0.2) is 56.6 Å². The van der Waals surface area contributed by atoms with Crippen molar-refractivity contribution in [3.8, 4) is 0 Å². The number of azide groups is 1. The Morgan fingerprint density at radius 2 is 1.64 bits per heavy atom. The van der Waals surface area contributed by atoms with Gasteiger partial charge in [0, 0.05) is 18.0 Å². The van der Waals surface area contributed by atoms with E-state index in [0.717, 1.165) is 38.5 Å². The number of fused-ring (bicyclic) bond motifs is 7. The number of aliphatic hydroxyl groups excluding tert-OH is 1. The molecule has 5 aliphatic carbocycles. The van der Waals surface area contributed by atoms with E-state index in [-0.39, 0.29) is 39.1 Å². The molecular weight excluding hydrogens is 552 g/mol. The third kappa shape index (κ3) is 5.24. The number of carbonyl (C=O) groups is 1. The molecule has 248 valence electrons. The zero-order chi connectivity index (χ0) is 32.0. The predicted octanol–water partition coefficient (Wildman–Crippen LogP) is 7.46. The van der Waals surface area contributed by atoms with Crippen molar-refractivity contribution in [1.29, 1.82) is 0 Å². The topological polar surface area (TPSA) is 117 Å². The number of rotatable bonds is 11. The van der Waals surface area contributed by atoms with E-state index in [2.05, 4.69) is 63.5 Å². The maximum Gasteiger partial charge on any atom is 0.226 e. The molecule has 8 heteroatoms. The number of amides is 1. The van der Waals surface area contributed by atoms with Crippen LogP contribution < -0.4 is 5.32 Å². The molecule has 10 atom stereocenters. The van der Waals surface area contributed by atoms with E-state index in [0.29, 0.717) is 69.1 Å². The highest BCUT2D eigenvalue weighted by molar-refractivity contribution is 5.83. The molecule has 0 unspecified atom stereocenters. The van der Waals surface area contributed by atoms with Gasteiger partial charge in [0.05, 0.1) is 37.9 Å². The second kappa shape index (κ2) is 12.5. The van der Waals surface area contributed by atoms with E-state index < -0.39 is 0 Å². The minimum absolute atomic E-state index is 0.0355. The Morgan fingerprint density at radius 3 is 2.34 bits per heavy atom. The van der Waals surface area contributed by atoms with Crippen molar-refractivity contribution in [2.24, 2.45) is 61.8 Å². The lowest BCUT2D eigenvalue weighted by molar-refractivity contribution is -0.246. The van der Waals surface area contributed by atoms with Gasteiger partial charge in [-0.15, -0.1) is 0 Å². The van der Waals surface area contributed by atoms with Gasteiger partial charge < -0.3 is 19.9 Å². The van der Waals surface area contributed by atoms with Crippen LogP contribution in [0, 0.1) is 56.7 Å². The van der Waals surface area contributed by atoms with E-state index in [1.54, 1.807) is 0 Å². The molecule has 0 aromatic heterocycles. The van der Waals surface area contributed by atoms with Crippen molar-refractivity contribution in [3.05, 3.63) is 22.6 Å². The molecule has 0 aromatic rings. The smallest absolute Gasteiger partial charge is 0.226 e. The third-order valence-corrected chi connectivity index (χ3v) is 14.8. The lowest BCUT2D eigenvalue weighted by Gasteiger charge is -2.72. The van der Waals surface area contributed by atoms with Crippen LogP contribution in [0.4, 0.5) is 0 Å². The summed E-state index contributed by atoms with van der Waals surface area (Å²) in [4.78, 5) is 16.9. The summed E-state index contributed by atoms with van der Waals surface area (Å²) < 4.78 is 11.1. The highest BCUT2D eigenvalue weighted by Crippen LogP contribution is 2.77. The Balaban J connectivity index is 1.30. The largest absolute Gasteiger partial charge is 0.393 e. The third-order valence-electron chi connectivity index (χ3n) is 14.8.